The van der Waals surface area contributed by atoms with Gasteiger partial charge in [-0.2, -0.15) is 0 Å². The van der Waals surface area contributed by atoms with E-state index in [0.717, 1.165) is 9.79 Å². The maximum Gasteiger partial charge on any atom is 0.259 e. The minimum Gasteiger partial charge on any atom is -0.204 e. The number of hydrogen-bond acceptors (Lipinski definition) is 2. The molecular formula is C14H15NO2S2. The Morgan fingerprint density at radius 1 is 0.895 bits per heavy atom. The predicted octanol–water partition coefficient (Wildman–Crippen LogP) is 3.26. The van der Waals surface area contributed by atoms with Crippen molar-refractivity contribution in [2.75, 3.05) is 5.75 Å². The lowest BCUT2D eigenvalue weighted by Gasteiger charge is -2.08. The van der Waals surface area contributed by atoms with E-state index in [1.807, 2.05) is 60.7 Å². The zero-order valence-electron chi connectivity index (χ0n) is 10.6. The second kappa shape index (κ2) is 6.12. The average Bonchev–Trinajstić information content (AvgIpc) is 2.47. The summed E-state index contributed by atoms with van der Waals surface area (Å²) in [6, 6.07) is 19.0. The van der Waals surface area contributed by atoms with Crippen molar-refractivity contribution in [2.45, 2.75) is 16.7 Å². The van der Waals surface area contributed by atoms with E-state index < -0.39 is 20.7 Å². The van der Waals surface area contributed by atoms with Crippen LogP contribution in [0.3, 0.4) is 0 Å². The van der Waals surface area contributed by atoms with Crippen molar-refractivity contribution in [3.05, 3.63) is 60.7 Å². The van der Waals surface area contributed by atoms with Gasteiger partial charge >= 0.3 is 0 Å². The molecule has 100 valence electrons. The fourth-order valence-corrected chi connectivity index (χ4v) is 4.61. The topological polar surface area (TPSA) is 46.5 Å². The summed E-state index contributed by atoms with van der Waals surface area (Å²) in [5, 5.41) is 0. The average molecular weight is 293 g/mol. The molecule has 0 amide bonds. The van der Waals surface area contributed by atoms with Gasteiger partial charge in [-0.05, 0) is 41.9 Å². The van der Waals surface area contributed by atoms with E-state index in [-0.39, 0.29) is 5.75 Å². The van der Waals surface area contributed by atoms with Gasteiger partial charge in [0.25, 0.3) is 10.0 Å². The van der Waals surface area contributed by atoms with Gasteiger partial charge in [-0.3, -0.25) is 0 Å². The molecular weight excluding hydrogens is 278 g/mol. The summed E-state index contributed by atoms with van der Waals surface area (Å²) >= 11 is 0. The molecule has 2 rings (SSSR count). The maximum atomic E-state index is 11.8. The lowest BCUT2D eigenvalue weighted by Crippen LogP contribution is -2.02. The van der Waals surface area contributed by atoms with E-state index >= 15 is 0 Å². The first-order chi connectivity index (χ1) is 9.12. The van der Waals surface area contributed by atoms with Gasteiger partial charge in [0.05, 0.1) is 5.75 Å². The number of nitrogens with zero attached hydrogens (tertiary/aromatic N) is 1. The molecule has 0 radical (unpaired) electrons. The first-order valence-electron chi connectivity index (χ1n) is 5.92. The van der Waals surface area contributed by atoms with E-state index in [0.29, 0.717) is 0 Å². The number of hydrogen-bond donors (Lipinski definition) is 0. The Bertz CT molecular complexity index is 624. The maximum absolute atomic E-state index is 11.8. The Hall–Kier alpha value is -1.46. The van der Waals surface area contributed by atoms with Crippen LogP contribution in [-0.2, 0) is 20.7 Å². The lowest BCUT2D eigenvalue weighted by molar-refractivity contribution is 0.599. The predicted molar refractivity (Wildman–Crippen MR) is 78.7 cm³/mol. The van der Waals surface area contributed by atoms with Crippen molar-refractivity contribution in [2.24, 2.45) is 3.77 Å². The van der Waals surface area contributed by atoms with Gasteiger partial charge in [-0.1, -0.05) is 36.4 Å². The number of sulfonamides is 1. The van der Waals surface area contributed by atoms with Gasteiger partial charge in [-0.25, -0.2) is 8.42 Å². The van der Waals surface area contributed by atoms with Crippen LogP contribution in [0.1, 0.15) is 6.92 Å². The van der Waals surface area contributed by atoms with E-state index in [1.165, 1.54) is 0 Å². The Morgan fingerprint density at radius 2 is 1.32 bits per heavy atom. The molecule has 0 N–H and O–H groups in total. The first-order valence-corrected chi connectivity index (χ1v) is 8.71. The Balaban J connectivity index is 2.59. The van der Waals surface area contributed by atoms with Gasteiger partial charge in [0.1, 0.15) is 0 Å². The minimum absolute atomic E-state index is 0.0240. The molecule has 2 aromatic rings. The van der Waals surface area contributed by atoms with Gasteiger partial charge in [0.15, 0.2) is 0 Å². The van der Waals surface area contributed by atoms with Crippen LogP contribution >= 0.6 is 0 Å². The Kier molecular flexibility index (Phi) is 4.50. The van der Waals surface area contributed by atoms with Crippen LogP contribution in [-0.4, -0.2) is 14.2 Å². The summed E-state index contributed by atoms with van der Waals surface area (Å²) in [5.74, 6) is 0.0240. The first kappa shape index (κ1) is 14.0. The molecule has 0 unspecified atom stereocenters. The SMILES string of the molecule is CCS(=O)(=O)N=S(c1ccccc1)c1ccccc1. The molecule has 0 bridgehead atoms. The monoisotopic (exact) mass is 293 g/mol. The molecule has 5 heteroatoms. The van der Waals surface area contributed by atoms with Crippen LogP contribution in [0.4, 0.5) is 0 Å². The zero-order chi connectivity index (χ0) is 13.7. The Labute approximate surface area is 116 Å². The Morgan fingerprint density at radius 3 is 1.68 bits per heavy atom. The number of rotatable bonds is 4. The highest BCUT2D eigenvalue weighted by molar-refractivity contribution is 8.00. The molecule has 0 fully saturated rings. The third kappa shape index (κ3) is 3.75. The molecule has 0 saturated heterocycles. The summed E-state index contributed by atoms with van der Waals surface area (Å²) in [6.07, 6.45) is 0. The molecule has 0 aliphatic carbocycles. The molecule has 0 heterocycles. The van der Waals surface area contributed by atoms with Crippen LogP contribution in [0.25, 0.3) is 0 Å². The molecule has 0 atom stereocenters. The van der Waals surface area contributed by atoms with Crippen LogP contribution in [0.15, 0.2) is 74.2 Å². The van der Waals surface area contributed by atoms with Crippen molar-refractivity contribution < 1.29 is 8.42 Å². The van der Waals surface area contributed by atoms with Crippen molar-refractivity contribution in [3.8, 4) is 0 Å². The molecule has 0 spiro atoms. The van der Waals surface area contributed by atoms with Gasteiger partial charge in [0.2, 0.25) is 0 Å². The summed E-state index contributed by atoms with van der Waals surface area (Å²) in [4.78, 5) is 1.82. The van der Waals surface area contributed by atoms with Crippen molar-refractivity contribution in [1.82, 2.24) is 0 Å². The summed E-state index contributed by atoms with van der Waals surface area (Å²) in [6.45, 7) is 1.61. The van der Waals surface area contributed by atoms with E-state index in [1.54, 1.807) is 6.92 Å². The van der Waals surface area contributed by atoms with Crippen LogP contribution in [0, 0.1) is 0 Å². The molecule has 0 aliphatic heterocycles. The quantitative estimate of drug-likeness (QED) is 0.868. The molecule has 0 aliphatic rings. The summed E-state index contributed by atoms with van der Waals surface area (Å²) in [5.41, 5.74) is 0. The highest BCUT2D eigenvalue weighted by Gasteiger charge is 2.10. The van der Waals surface area contributed by atoms with E-state index in [4.69, 9.17) is 0 Å². The van der Waals surface area contributed by atoms with Gasteiger partial charge in [-0.15, -0.1) is 3.77 Å². The highest BCUT2D eigenvalue weighted by atomic mass is 32.3. The second-order valence-electron chi connectivity index (χ2n) is 3.86. The standard InChI is InChI=1S/C14H15NO2S2/c1-2-19(16,17)15-18(13-9-5-3-6-10-13)14-11-7-4-8-12-14/h3-12H,2H2,1H3. The normalized spacial score (nSPS) is 11.5. The van der Waals surface area contributed by atoms with Gasteiger partial charge < -0.3 is 0 Å². The molecule has 2 aromatic carbocycles. The molecule has 0 aromatic heterocycles. The van der Waals surface area contributed by atoms with E-state index in [2.05, 4.69) is 3.77 Å². The summed E-state index contributed by atoms with van der Waals surface area (Å²) < 4.78 is 27.7. The largest absolute Gasteiger partial charge is 0.259 e. The summed E-state index contributed by atoms with van der Waals surface area (Å²) in [7, 11) is -4.16. The second-order valence-corrected chi connectivity index (χ2v) is 7.71. The van der Waals surface area contributed by atoms with E-state index in [9.17, 15) is 8.42 Å². The smallest absolute Gasteiger partial charge is 0.204 e. The molecule has 19 heavy (non-hydrogen) atoms. The fraction of sp³-hybridized carbons (Fsp3) is 0.143. The zero-order valence-corrected chi connectivity index (χ0v) is 12.2. The van der Waals surface area contributed by atoms with Crippen molar-refractivity contribution in [1.29, 1.82) is 0 Å². The van der Waals surface area contributed by atoms with Crippen molar-refractivity contribution >= 4 is 20.7 Å². The number of benzene rings is 2. The molecule has 3 nitrogen and oxygen atoms in total. The molecule has 0 saturated carbocycles. The van der Waals surface area contributed by atoms with Crippen LogP contribution in [0.2, 0.25) is 0 Å². The highest BCUT2D eigenvalue weighted by Crippen LogP contribution is 2.19. The lowest BCUT2D eigenvalue weighted by atomic mass is 10.4. The van der Waals surface area contributed by atoms with Crippen molar-refractivity contribution in [3.63, 3.8) is 0 Å². The third-order valence-corrected chi connectivity index (χ3v) is 6.16. The fourth-order valence-electron chi connectivity index (χ4n) is 1.49. The van der Waals surface area contributed by atoms with Crippen LogP contribution in [0.5, 0.6) is 0 Å². The minimum atomic E-state index is -3.38. The third-order valence-electron chi connectivity index (χ3n) is 2.49. The van der Waals surface area contributed by atoms with Crippen LogP contribution < -0.4 is 0 Å². The van der Waals surface area contributed by atoms with Gasteiger partial charge in [0, 0.05) is 9.79 Å².